The van der Waals surface area contributed by atoms with Gasteiger partial charge in [0.25, 0.3) is 0 Å². The summed E-state index contributed by atoms with van der Waals surface area (Å²) >= 11 is 1.47. The molecular formula is C24H27N3OS. The number of carbonyl (C=O) groups is 1. The van der Waals surface area contributed by atoms with Gasteiger partial charge in [-0.2, -0.15) is 0 Å². The summed E-state index contributed by atoms with van der Waals surface area (Å²) in [6, 6.07) is 18.5. The third-order valence-corrected chi connectivity index (χ3v) is 7.08. The van der Waals surface area contributed by atoms with Crippen molar-refractivity contribution in [3.63, 3.8) is 0 Å². The van der Waals surface area contributed by atoms with Crippen LogP contribution in [0.2, 0.25) is 0 Å². The third-order valence-electron chi connectivity index (χ3n) is 6.09. The molecule has 29 heavy (non-hydrogen) atoms. The molecule has 2 aromatic carbocycles. The Morgan fingerprint density at radius 3 is 2.52 bits per heavy atom. The lowest BCUT2D eigenvalue weighted by Crippen LogP contribution is -2.44. The zero-order valence-corrected chi connectivity index (χ0v) is 17.8. The Hall–Kier alpha value is -2.40. The molecule has 1 amide bonds. The van der Waals surface area contributed by atoms with Gasteiger partial charge < -0.3 is 5.32 Å². The number of benzene rings is 2. The van der Waals surface area contributed by atoms with Crippen molar-refractivity contribution in [2.24, 2.45) is 11.8 Å². The molecule has 1 saturated carbocycles. The lowest BCUT2D eigenvalue weighted by atomic mass is 9.78. The van der Waals surface area contributed by atoms with Crippen LogP contribution in [0.1, 0.15) is 33.1 Å². The molecule has 1 N–H and O–H groups in total. The smallest absolute Gasteiger partial charge is 0.230 e. The summed E-state index contributed by atoms with van der Waals surface area (Å²) in [6.07, 6.45) is 3.54. The SMILES string of the molecule is C[C@H]1[C@@H](NC(=O)CSc2nnc(-c3ccccc3)c3ccccc23)CCC[C@@H]1C. The number of amides is 1. The summed E-state index contributed by atoms with van der Waals surface area (Å²) in [5, 5.41) is 15.1. The van der Waals surface area contributed by atoms with E-state index in [1.165, 1.54) is 24.6 Å². The maximum atomic E-state index is 12.6. The molecule has 5 heteroatoms. The van der Waals surface area contributed by atoms with E-state index in [1.807, 2.05) is 42.5 Å². The standard InChI is InChI=1S/C24H27N3OS/c1-16-9-8-14-21(17(16)2)25-22(28)15-29-24-20-13-7-6-12-19(20)23(26-27-24)18-10-4-3-5-11-18/h3-7,10-13,16-17,21H,8-9,14-15H2,1-2H3,(H,25,28)/t16-,17+,21-/m0/s1. The predicted octanol–water partition coefficient (Wildman–Crippen LogP) is 5.33. The first-order valence-electron chi connectivity index (χ1n) is 10.4. The fraction of sp³-hybridized carbons (Fsp3) is 0.375. The molecule has 3 aromatic rings. The minimum Gasteiger partial charge on any atom is -0.352 e. The fourth-order valence-corrected chi connectivity index (χ4v) is 4.95. The Labute approximate surface area is 176 Å². The summed E-state index contributed by atoms with van der Waals surface area (Å²) in [6.45, 7) is 4.54. The second-order valence-corrected chi connectivity index (χ2v) is 8.96. The van der Waals surface area contributed by atoms with E-state index in [9.17, 15) is 4.79 Å². The molecule has 4 rings (SSSR count). The Balaban J connectivity index is 1.50. The summed E-state index contributed by atoms with van der Waals surface area (Å²) in [5.41, 5.74) is 1.92. The normalized spacial score (nSPS) is 21.8. The van der Waals surface area contributed by atoms with Gasteiger partial charge in [0.05, 0.1) is 5.75 Å². The number of fused-ring (bicyclic) bond motifs is 1. The number of nitrogens with zero attached hydrogens (tertiary/aromatic N) is 2. The average molecular weight is 406 g/mol. The second-order valence-electron chi connectivity index (χ2n) is 8.00. The highest BCUT2D eigenvalue weighted by Gasteiger charge is 2.28. The minimum atomic E-state index is 0.0824. The van der Waals surface area contributed by atoms with Crippen LogP contribution in [-0.2, 0) is 4.79 Å². The first-order valence-corrected chi connectivity index (χ1v) is 11.3. The fourth-order valence-electron chi connectivity index (χ4n) is 4.16. The molecule has 3 atom stereocenters. The van der Waals surface area contributed by atoms with Gasteiger partial charge >= 0.3 is 0 Å². The largest absolute Gasteiger partial charge is 0.352 e. The molecule has 0 aliphatic heterocycles. The molecule has 1 aromatic heterocycles. The number of aromatic nitrogens is 2. The van der Waals surface area contributed by atoms with Crippen LogP contribution in [0.3, 0.4) is 0 Å². The molecule has 4 nitrogen and oxygen atoms in total. The van der Waals surface area contributed by atoms with Crippen LogP contribution in [0.5, 0.6) is 0 Å². The van der Waals surface area contributed by atoms with Gasteiger partial charge in [0.15, 0.2) is 0 Å². The van der Waals surface area contributed by atoms with Gasteiger partial charge in [0.2, 0.25) is 5.91 Å². The van der Waals surface area contributed by atoms with Crippen LogP contribution in [-0.4, -0.2) is 27.9 Å². The maximum absolute atomic E-state index is 12.6. The molecule has 0 bridgehead atoms. The highest BCUT2D eigenvalue weighted by Crippen LogP contribution is 2.32. The Bertz CT molecular complexity index is 992. The predicted molar refractivity (Wildman–Crippen MR) is 120 cm³/mol. The van der Waals surface area contributed by atoms with Crippen LogP contribution < -0.4 is 5.32 Å². The van der Waals surface area contributed by atoms with Crippen molar-refractivity contribution in [3.8, 4) is 11.3 Å². The zero-order valence-electron chi connectivity index (χ0n) is 17.0. The summed E-state index contributed by atoms with van der Waals surface area (Å²) in [4.78, 5) is 12.6. The highest BCUT2D eigenvalue weighted by molar-refractivity contribution is 8.00. The maximum Gasteiger partial charge on any atom is 0.230 e. The Morgan fingerprint density at radius 2 is 1.72 bits per heavy atom. The van der Waals surface area contributed by atoms with Gasteiger partial charge in [-0.05, 0) is 18.3 Å². The van der Waals surface area contributed by atoms with E-state index in [1.54, 1.807) is 0 Å². The van der Waals surface area contributed by atoms with Crippen molar-refractivity contribution in [3.05, 3.63) is 54.6 Å². The molecule has 1 fully saturated rings. The molecule has 1 aliphatic carbocycles. The van der Waals surface area contributed by atoms with Gasteiger partial charge in [-0.25, -0.2) is 0 Å². The van der Waals surface area contributed by atoms with E-state index in [4.69, 9.17) is 0 Å². The molecule has 1 aliphatic rings. The van der Waals surface area contributed by atoms with E-state index < -0.39 is 0 Å². The third kappa shape index (κ3) is 4.45. The summed E-state index contributed by atoms with van der Waals surface area (Å²) in [7, 11) is 0. The van der Waals surface area contributed by atoms with Crippen molar-refractivity contribution in [2.75, 3.05) is 5.75 Å². The lowest BCUT2D eigenvalue weighted by Gasteiger charge is -2.34. The summed E-state index contributed by atoms with van der Waals surface area (Å²) in [5.74, 6) is 1.64. The van der Waals surface area contributed by atoms with Gasteiger partial charge in [0, 0.05) is 22.4 Å². The second kappa shape index (κ2) is 8.95. The molecule has 0 radical (unpaired) electrons. The Kier molecular flexibility index (Phi) is 6.14. The van der Waals surface area contributed by atoms with Crippen molar-refractivity contribution in [1.82, 2.24) is 15.5 Å². The van der Waals surface area contributed by atoms with Crippen LogP contribution in [0.4, 0.5) is 0 Å². The molecule has 150 valence electrons. The number of nitrogens with one attached hydrogen (secondary N) is 1. The topological polar surface area (TPSA) is 54.9 Å². The van der Waals surface area contributed by atoms with Crippen molar-refractivity contribution >= 4 is 28.4 Å². The van der Waals surface area contributed by atoms with Crippen molar-refractivity contribution in [2.45, 2.75) is 44.2 Å². The van der Waals surface area contributed by atoms with E-state index in [0.717, 1.165) is 33.5 Å². The lowest BCUT2D eigenvalue weighted by molar-refractivity contribution is -0.119. The molecule has 0 unspecified atom stereocenters. The molecule has 0 spiro atoms. The number of thioether (sulfide) groups is 1. The van der Waals surface area contributed by atoms with E-state index in [2.05, 4.69) is 41.5 Å². The van der Waals surface area contributed by atoms with Gasteiger partial charge in [0.1, 0.15) is 10.7 Å². The van der Waals surface area contributed by atoms with Crippen molar-refractivity contribution < 1.29 is 4.79 Å². The van der Waals surface area contributed by atoms with Crippen LogP contribution in [0.25, 0.3) is 22.0 Å². The number of rotatable bonds is 5. The van der Waals surface area contributed by atoms with Gasteiger partial charge in [-0.3, -0.25) is 4.79 Å². The zero-order chi connectivity index (χ0) is 20.2. The highest BCUT2D eigenvalue weighted by atomic mass is 32.2. The van der Waals surface area contributed by atoms with E-state index >= 15 is 0 Å². The monoisotopic (exact) mass is 405 g/mol. The molecular weight excluding hydrogens is 378 g/mol. The first-order chi connectivity index (χ1) is 14.1. The van der Waals surface area contributed by atoms with E-state index in [0.29, 0.717) is 17.6 Å². The van der Waals surface area contributed by atoms with Gasteiger partial charge in [-0.15, -0.1) is 10.2 Å². The van der Waals surface area contributed by atoms with Crippen molar-refractivity contribution in [1.29, 1.82) is 0 Å². The van der Waals surface area contributed by atoms with Crippen LogP contribution >= 0.6 is 11.8 Å². The number of hydrogen-bond acceptors (Lipinski definition) is 4. The van der Waals surface area contributed by atoms with Gasteiger partial charge in [-0.1, -0.05) is 93.0 Å². The van der Waals surface area contributed by atoms with Crippen LogP contribution in [0.15, 0.2) is 59.6 Å². The summed E-state index contributed by atoms with van der Waals surface area (Å²) < 4.78 is 0. The quantitative estimate of drug-likeness (QED) is 0.583. The first kappa shape index (κ1) is 19.9. The Morgan fingerprint density at radius 1 is 1.00 bits per heavy atom. The van der Waals surface area contributed by atoms with Crippen LogP contribution in [0, 0.1) is 11.8 Å². The minimum absolute atomic E-state index is 0.0824. The molecule has 0 saturated heterocycles. The molecule has 1 heterocycles. The average Bonchev–Trinajstić information content (AvgIpc) is 2.76. The van der Waals surface area contributed by atoms with E-state index in [-0.39, 0.29) is 11.9 Å². The number of hydrogen-bond donors (Lipinski definition) is 1. The number of carbonyl (C=O) groups excluding carboxylic acids is 1.